The van der Waals surface area contributed by atoms with Crippen molar-refractivity contribution < 1.29 is 31.8 Å². The van der Waals surface area contributed by atoms with Gasteiger partial charge in [-0.1, -0.05) is 0 Å². The first-order valence-corrected chi connectivity index (χ1v) is 5.48. The largest absolute Gasteiger partial charge is 0.443 e. The Kier molecular flexibility index (Phi) is 5.31. The van der Waals surface area contributed by atoms with Gasteiger partial charge in [-0.25, -0.2) is 0 Å². The lowest BCUT2D eigenvalue weighted by Gasteiger charge is -2.20. The SMILES string of the molecule is CC(=O)OC([PH](=O)OC(C)C)C(F)(F)F. The van der Waals surface area contributed by atoms with E-state index in [0.717, 1.165) is 6.92 Å². The highest BCUT2D eigenvalue weighted by Crippen LogP contribution is 2.42. The van der Waals surface area contributed by atoms with Crippen LogP contribution in [0.3, 0.4) is 0 Å². The first-order valence-electron chi connectivity index (χ1n) is 4.09. The van der Waals surface area contributed by atoms with Crippen molar-refractivity contribution in [1.82, 2.24) is 0 Å². The van der Waals surface area contributed by atoms with Crippen molar-refractivity contribution in [3.05, 3.63) is 0 Å². The van der Waals surface area contributed by atoms with Crippen LogP contribution in [0.2, 0.25) is 0 Å². The van der Waals surface area contributed by atoms with Gasteiger partial charge in [0.05, 0.1) is 6.10 Å². The Balaban J connectivity index is 4.64. The van der Waals surface area contributed by atoms with E-state index < -0.39 is 32.1 Å². The Morgan fingerprint density at radius 1 is 1.33 bits per heavy atom. The van der Waals surface area contributed by atoms with E-state index in [-0.39, 0.29) is 0 Å². The summed E-state index contributed by atoms with van der Waals surface area (Å²) >= 11 is 0. The van der Waals surface area contributed by atoms with Crippen molar-refractivity contribution >= 4 is 14.0 Å². The number of hydrogen-bond acceptors (Lipinski definition) is 4. The molecule has 0 aliphatic heterocycles. The summed E-state index contributed by atoms with van der Waals surface area (Å²) in [4.78, 5) is 10.4. The van der Waals surface area contributed by atoms with Gasteiger partial charge in [-0.2, -0.15) is 13.2 Å². The molecule has 0 aliphatic carbocycles. The molecular weight excluding hydrogens is 236 g/mol. The molecule has 0 saturated heterocycles. The second kappa shape index (κ2) is 5.51. The monoisotopic (exact) mass is 248 g/mol. The van der Waals surface area contributed by atoms with Crippen LogP contribution in [0.1, 0.15) is 20.8 Å². The predicted octanol–water partition coefficient (Wildman–Crippen LogP) is 2.34. The van der Waals surface area contributed by atoms with Gasteiger partial charge >= 0.3 is 12.1 Å². The Hall–Kier alpha value is -0.550. The summed E-state index contributed by atoms with van der Waals surface area (Å²) in [7, 11) is -3.50. The number of carbonyl (C=O) groups excluding carboxylic acids is 1. The van der Waals surface area contributed by atoms with Crippen LogP contribution < -0.4 is 0 Å². The molecule has 0 aromatic rings. The lowest BCUT2D eigenvalue weighted by Crippen LogP contribution is -2.31. The minimum atomic E-state index is -4.88. The van der Waals surface area contributed by atoms with Crippen LogP contribution in [0.15, 0.2) is 0 Å². The quantitative estimate of drug-likeness (QED) is 0.566. The molecule has 0 bridgehead atoms. The summed E-state index contributed by atoms with van der Waals surface area (Å²) in [6.07, 6.45) is -5.51. The Morgan fingerprint density at radius 2 is 1.80 bits per heavy atom. The van der Waals surface area contributed by atoms with Crippen LogP contribution in [0.25, 0.3) is 0 Å². The van der Waals surface area contributed by atoms with E-state index in [1.807, 2.05) is 0 Å². The van der Waals surface area contributed by atoms with E-state index in [0.29, 0.717) is 0 Å². The summed E-state index contributed by atoms with van der Waals surface area (Å²) in [6, 6.07) is 0. The minimum absolute atomic E-state index is 0.628. The molecule has 0 N–H and O–H groups in total. The number of ether oxygens (including phenoxy) is 1. The molecule has 0 amide bonds. The maximum absolute atomic E-state index is 12.2. The lowest BCUT2D eigenvalue weighted by molar-refractivity contribution is -0.199. The Morgan fingerprint density at radius 3 is 2.07 bits per heavy atom. The molecule has 0 spiro atoms. The third-order valence-corrected chi connectivity index (χ3v) is 2.72. The van der Waals surface area contributed by atoms with E-state index in [2.05, 4.69) is 9.26 Å². The van der Waals surface area contributed by atoms with Gasteiger partial charge in [-0.15, -0.1) is 0 Å². The minimum Gasteiger partial charge on any atom is -0.443 e. The van der Waals surface area contributed by atoms with Gasteiger partial charge in [-0.3, -0.25) is 9.36 Å². The number of carbonyl (C=O) groups is 1. The zero-order chi connectivity index (χ0) is 12.2. The molecule has 0 aromatic heterocycles. The predicted molar refractivity (Wildman–Crippen MR) is 46.8 cm³/mol. The molecule has 8 heteroatoms. The van der Waals surface area contributed by atoms with Gasteiger partial charge in [-0.05, 0) is 13.8 Å². The number of halogens is 3. The topological polar surface area (TPSA) is 52.6 Å². The molecule has 2 unspecified atom stereocenters. The Labute approximate surface area is 85.6 Å². The molecule has 0 fully saturated rings. The molecule has 0 heterocycles. The highest BCUT2D eigenvalue weighted by Gasteiger charge is 2.47. The van der Waals surface area contributed by atoms with Gasteiger partial charge in [0.15, 0.2) is 0 Å². The van der Waals surface area contributed by atoms with Crippen LogP contribution in [0.4, 0.5) is 13.2 Å². The number of hydrogen-bond donors (Lipinski definition) is 0. The van der Waals surface area contributed by atoms with E-state index in [9.17, 15) is 22.5 Å². The molecule has 2 atom stereocenters. The molecule has 0 aromatic carbocycles. The summed E-state index contributed by atoms with van der Waals surface area (Å²) in [6.45, 7) is 3.68. The second-order valence-electron chi connectivity index (χ2n) is 3.02. The first-order chi connectivity index (χ1) is 6.64. The summed E-state index contributed by atoms with van der Waals surface area (Å²) in [5.74, 6) is -3.81. The zero-order valence-electron chi connectivity index (χ0n) is 8.42. The number of rotatable bonds is 4. The van der Waals surface area contributed by atoms with E-state index >= 15 is 0 Å². The van der Waals surface area contributed by atoms with E-state index in [1.54, 1.807) is 0 Å². The number of esters is 1. The van der Waals surface area contributed by atoms with Crippen LogP contribution in [-0.4, -0.2) is 24.1 Å². The molecule has 0 saturated carbocycles. The summed E-state index contributed by atoms with van der Waals surface area (Å²) in [5.41, 5.74) is 0. The Bertz CT molecular complexity index is 251. The van der Waals surface area contributed by atoms with Crippen LogP contribution in [0, 0.1) is 0 Å². The molecule has 15 heavy (non-hydrogen) atoms. The molecule has 4 nitrogen and oxygen atoms in total. The van der Waals surface area contributed by atoms with Crippen LogP contribution in [0.5, 0.6) is 0 Å². The van der Waals surface area contributed by atoms with Crippen LogP contribution >= 0.6 is 8.03 Å². The average molecular weight is 248 g/mol. The van der Waals surface area contributed by atoms with Gasteiger partial charge < -0.3 is 9.26 Å². The standard InChI is InChI=1S/C7H12F3O4P/c1-4(2)14-15(12)6(7(8,9)10)13-5(3)11/h4,6,15H,1-3H3. The third-order valence-electron chi connectivity index (χ3n) is 1.15. The van der Waals surface area contributed by atoms with Crippen LogP contribution in [-0.2, 0) is 18.6 Å². The van der Waals surface area contributed by atoms with Crippen molar-refractivity contribution in [3.8, 4) is 0 Å². The molecule has 90 valence electrons. The van der Waals surface area contributed by atoms with Crippen molar-refractivity contribution in [2.45, 2.75) is 38.9 Å². The molecular formula is C7H12F3O4P. The van der Waals surface area contributed by atoms with E-state index in [4.69, 9.17) is 0 Å². The second-order valence-corrected chi connectivity index (χ2v) is 4.41. The van der Waals surface area contributed by atoms with Gasteiger partial charge in [0, 0.05) is 6.92 Å². The molecule has 0 radical (unpaired) electrons. The van der Waals surface area contributed by atoms with Crippen molar-refractivity contribution in [2.75, 3.05) is 0 Å². The van der Waals surface area contributed by atoms with Gasteiger partial charge in [0.25, 0.3) is 5.85 Å². The first kappa shape index (κ1) is 14.5. The van der Waals surface area contributed by atoms with Crippen molar-refractivity contribution in [1.29, 1.82) is 0 Å². The zero-order valence-corrected chi connectivity index (χ0v) is 9.42. The van der Waals surface area contributed by atoms with Gasteiger partial charge in [0.2, 0.25) is 8.03 Å². The fourth-order valence-corrected chi connectivity index (χ4v) is 1.83. The molecule has 0 aliphatic rings. The van der Waals surface area contributed by atoms with E-state index in [1.165, 1.54) is 13.8 Å². The summed E-state index contributed by atoms with van der Waals surface area (Å²) < 4.78 is 56.3. The smallest absolute Gasteiger partial charge is 0.434 e. The third kappa shape index (κ3) is 5.79. The highest BCUT2D eigenvalue weighted by molar-refractivity contribution is 7.39. The number of alkyl halides is 3. The fraction of sp³-hybridized carbons (Fsp3) is 0.857. The summed E-state index contributed by atoms with van der Waals surface area (Å²) in [5, 5.41) is 0. The highest BCUT2D eigenvalue weighted by atomic mass is 31.1. The molecule has 0 rings (SSSR count). The lowest BCUT2D eigenvalue weighted by atomic mass is 10.5. The van der Waals surface area contributed by atoms with Crippen molar-refractivity contribution in [3.63, 3.8) is 0 Å². The average Bonchev–Trinajstić information content (AvgIpc) is 1.95. The maximum atomic E-state index is 12.2. The maximum Gasteiger partial charge on any atom is 0.434 e. The van der Waals surface area contributed by atoms with Crippen molar-refractivity contribution in [2.24, 2.45) is 0 Å². The van der Waals surface area contributed by atoms with Gasteiger partial charge in [0.1, 0.15) is 0 Å². The normalized spacial score (nSPS) is 16.2. The fourth-order valence-electron chi connectivity index (χ4n) is 0.709.